The van der Waals surface area contributed by atoms with Crippen molar-refractivity contribution >= 4 is 49.3 Å². The largest absolute Gasteiger partial charge is 0.366 e. The summed E-state index contributed by atoms with van der Waals surface area (Å²) in [6, 6.07) is 15.4. The number of aromatic nitrogens is 4. The van der Waals surface area contributed by atoms with Gasteiger partial charge in [-0.15, -0.1) is 0 Å². The average Bonchev–Trinajstić information content (AvgIpc) is 3.33. The lowest BCUT2D eigenvalue weighted by Gasteiger charge is -2.33. The first kappa shape index (κ1) is 23.3. The molecule has 0 spiro atoms. The fraction of sp³-hybridized carbons (Fsp3) is 0.192. The van der Waals surface area contributed by atoms with Crippen LogP contribution in [-0.4, -0.2) is 53.0 Å². The zero-order chi connectivity index (χ0) is 25.6. The Morgan fingerprint density at radius 1 is 1.08 bits per heavy atom. The van der Waals surface area contributed by atoms with Gasteiger partial charge in [-0.25, -0.2) is 21.8 Å². The molecular formula is C26H24FN7O2S. The van der Waals surface area contributed by atoms with E-state index in [9.17, 15) is 12.8 Å². The molecule has 6 rings (SSSR count). The topological polar surface area (TPSA) is 105 Å². The fourth-order valence-corrected chi connectivity index (χ4v) is 6.13. The molecule has 37 heavy (non-hydrogen) atoms. The molecule has 3 aromatic heterocycles. The van der Waals surface area contributed by atoms with Gasteiger partial charge in [0.25, 0.3) is 10.0 Å². The maximum absolute atomic E-state index is 15.0. The molecule has 0 aliphatic carbocycles. The van der Waals surface area contributed by atoms with Gasteiger partial charge in [-0.3, -0.25) is 4.98 Å². The third kappa shape index (κ3) is 4.25. The van der Waals surface area contributed by atoms with Crippen LogP contribution in [0.1, 0.15) is 6.92 Å². The molecule has 0 unspecified atom stereocenters. The molecule has 1 fully saturated rings. The molecule has 0 saturated carbocycles. The molecule has 0 bridgehead atoms. The first-order valence-corrected chi connectivity index (χ1v) is 13.3. The maximum atomic E-state index is 15.0. The number of para-hydroxylation sites is 1. The number of rotatable bonds is 5. The van der Waals surface area contributed by atoms with Crippen molar-refractivity contribution in [1.82, 2.24) is 24.2 Å². The Kier molecular flexibility index (Phi) is 5.73. The number of nitrogens with zero attached hydrogens (tertiary/aromatic N) is 5. The van der Waals surface area contributed by atoms with Crippen LogP contribution in [-0.2, 0) is 10.0 Å². The van der Waals surface area contributed by atoms with Crippen LogP contribution < -0.4 is 15.5 Å². The summed E-state index contributed by atoms with van der Waals surface area (Å²) in [4.78, 5) is 15.1. The molecule has 188 valence electrons. The second-order valence-corrected chi connectivity index (χ2v) is 10.8. The Morgan fingerprint density at radius 2 is 1.95 bits per heavy atom. The van der Waals surface area contributed by atoms with Gasteiger partial charge in [-0.05, 0) is 43.3 Å². The first-order valence-electron chi connectivity index (χ1n) is 11.9. The zero-order valence-electron chi connectivity index (χ0n) is 20.0. The molecule has 11 heteroatoms. The minimum absolute atomic E-state index is 0.0797. The Bertz CT molecular complexity index is 1730. The van der Waals surface area contributed by atoms with Crippen LogP contribution in [0.5, 0.6) is 0 Å². The van der Waals surface area contributed by atoms with Crippen molar-refractivity contribution in [1.29, 1.82) is 0 Å². The summed E-state index contributed by atoms with van der Waals surface area (Å²) in [7, 11) is -4.00. The molecule has 5 aromatic rings. The second-order valence-electron chi connectivity index (χ2n) is 9.01. The zero-order valence-corrected chi connectivity index (χ0v) is 20.8. The van der Waals surface area contributed by atoms with Gasteiger partial charge >= 0.3 is 0 Å². The van der Waals surface area contributed by atoms with Crippen molar-refractivity contribution in [2.75, 3.05) is 29.9 Å². The van der Waals surface area contributed by atoms with Gasteiger partial charge < -0.3 is 15.5 Å². The van der Waals surface area contributed by atoms with Crippen LogP contribution in [0.3, 0.4) is 0 Å². The Balaban J connectivity index is 1.33. The van der Waals surface area contributed by atoms with E-state index in [0.29, 0.717) is 22.3 Å². The summed E-state index contributed by atoms with van der Waals surface area (Å²) in [5, 5.41) is 7.62. The van der Waals surface area contributed by atoms with E-state index < -0.39 is 10.0 Å². The predicted octanol–water partition coefficient (Wildman–Crippen LogP) is 3.90. The van der Waals surface area contributed by atoms with E-state index >= 15 is 0 Å². The molecule has 2 N–H and O–H groups in total. The van der Waals surface area contributed by atoms with Crippen LogP contribution in [0.2, 0.25) is 0 Å². The lowest BCUT2D eigenvalue weighted by Crippen LogP contribution is -2.49. The third-order valence-corrected chi connectivity index (χ3v) is 8.14. The molecule has 2 aromatic carbocycles. The molecule has 1 aliphatic rings. The SMILES string of the molecule is C[C@@H]1CN(c2ccc(Nc3ncc4ccn(S(=O)(=O)c5cccc6cccnc56)c4n3)cc2F)CCN1. The monoisotopic (exact) mass is 517 g/mol. The number of piperazine rings is 1. The van der Waals surface area contributed by atoms with E-state index in [0.717, 1.165) is 29.0 Å². The van der Waals surface area contributed by atoms with Gasteiger partial charge in [0.05, 0.1) is 11.2 Å². The number of anilines is 3. The van der Waals surface area contributed by atoms with Gasteiger partial charge in [-0.1, -0.05) is 18.2 Å². The lowest BCUT2D eigenvalue weighted by molar-refractivity contribution is 0.478. The first-order chi connectivity index (χ1) is 17.9. The van der Waals surface area contributed by atoms with Gasteiger partial charge in [0.2, 0.25) is 5.95 Å². The van der Waals surface area contributed by atoms with Crippen LogP contribution in [0.25, 0.3) is 21.9 Å². The van der Waals surface area contributed by atoms with Crippen LogP contribution >= 0.6 is 0 Å². The average molecular weight is 518 g/mol. The summed E-state index contributed by atoms with van der Waals surface area (Å²) < 4.78 is 43.4. The smallest absolute Gasteiger partial charge is 0.271 e. The number of fused-ring (bicyclic) bond motifs is 2. The number of benzene rings is 2. The van der Waals surface area contributed by atoms with Crippen molar-refractivity contribution in [2.45, 2.75) is 17.9 Å². The maximum Gasteiger partial charge on any atom is 0.271 e. The van der Waals surface area contributed by atoms with Gasteiger partial charge in [0.15, 0.2) is 5.65 Å². The number of hydrogen-bond acceptors (Lipinski definition) is 8. The van der Waals surface area contributed by atoms with Crippen molar-refractivity contribution < 1.29 is 12.8 Å². The molecule has 4 heterocycles. The highest BCUT2D eigenvalue weighted by Crippen LogP contribution is 2.28. The van der Waals surface area contributed by atoms with Gasteiger partial charge in [-0.2, -0.15) is 4.98 Å². The lowest BCUT2D eigenvalue weighted by atomic mass is 10.2. The summed E-state index contributed by atoms with van der Waals surface area (Å²) in [6.45, 7) is 4.32. The molecule has 0 radical (unpaired) electrons. The standard InChI is InChI=1S/C26H24FN7O2S/c1-17-16-33(13-11-28-17)22-8-7-20(14-21(22)27)31-26-30-15-19-9-12-34(25(19)32-26)37(35,36)23-6-2-4-18-5-3-10-29-24(18)23/h2-10,12,14-15,17,28H,11,13,16H2,1H3,(H,30,31,32)/t17-/m1/s1. The third-order valence-electron chi connectivity index (χ3n) is 6.44. The van der Waals surface area contributed by atoms with E-state index in [2.05, 4.69) is 32.5 Å². The van der Waals surface area contributed by atoms with E-state index in [1.165, 1.54) is 24.5 Å². The summed E-state index contributed by atoms with van der Waals surface area (Å²) in [5.74, 6) is -0.198. The van der Waals surface area contributed by atoms with Crippen LogP contribution in [0.4, 0.5) is 21.7 Å². The highest BCUT2D eigenvalue weighted by molar-refractivity contribution is 7.90. The van der Waals surface area contributed by atoms with Crippen LogP contribution in [0, 0.1) is 5.82 Å². The molecule has 9 nitrogen and oxygen atoms in total. The van der Waals surface area contributed by atoms with E-state index in [1.807, 2.05) is 17.0 Å². The van der Waals surface area contributed by atoms with Crippen molar-refractivity contribution in [3.63, 3.8) is 0 Å². The number of hydrogen-bond donors (Lipinski definition) is 2. The van der Waals surface area contributed by atoms with Crippen molar-refractivity contribution in [2.24, 2.45) is 0 Å². The Labute approximate surface area is 213 Å². The molecule has 1 saturated heterocycles. The van der Waals surface area contributed by atoms with Gasteiger partial charge in [0, 0.05) is 60.7 Å². The predicted molar refractivity (Wildman–Crippen MR) is 141 cm³/mol. The minimum Gasteiger partial charge on any atom is -0.366 e. The van der Waals surface area contributed by atoms with E-state index in [1.54, 1.807) is 36.5 Å². The highest BCUT2D eigenvalue weighted by atomic mass is 32.2. The summed E-state index contributed by atoms with van der Waals surface area (Å²) in [6.07, 6.45) is 4.54. The number of nitrogens with one attached hydrogen (secondary N) is 2. The minimum atomic E-state index is -4.00. The molecule has 1 aliphatic heterocycles. The van der Waals surface area contributed by atoms with E-state index in [4.69, 9.17) is 0 Å². The fourth-order valence-electron chi connectivity index (χ4n) is 4.66. The molecular weight excluding hydrogens is 493 g/mol. The normalized spacial score (nSPS) is 16.4. The highest BCUT2D eigenvalue weighted by Gasteiger charge is 2.23. The van der Waals surface area contributed by atoms with E-state index in [-0.39, 0.29) is 28.4 Å². The van der Waals surface area contributed by atoms with Crippen molar-refractivity contribution in [3.05, 3.63) is 79.0 Å². The molecule has 0 amide bonds. The van der Waals surface area contributed by atoms with Crippen molar-refractivity contribution in [3.8, 4) is 0 Å². The number of pyridine rings is 1. The van der Waals surface area contributed by atoms with Gasteiger partial charge in [0.1, 0.15) is 10.7 Å². The number of halogens is 1. The Morgan fingerprint density at radius 3 is 2.78 bits per heavy atom. The Hall–Kier alpha value is -4.09. The second kappa shape index (κ2) is 9.09. The summed E-state index contributed by atoms with van der Waals surface area (Å²) in [5.41, 5.74) is 1.59. The molecule has 1 atom stereocenters. The van der Waals surface area contributed by atoms with Crippen LogP contribution in [0.15, 0.2) is 78.1 Å². The quantitative estimate of drug-likeness (QED) is 0.362. The summed E-state index contributed by atoms with van der Waals surface area (Å²) >= 11 is 0.